The fourth-order valence-electron chi connectivity index (χ4n) is 2.48. The van der Waals surface area contributed by atoms with Crippen LogP contribution in [0, 0.1) is 13.8 Å². The van der Waals surface area contributed by atoms with Gasteiger partial charge in [-0.15, -0.1) is 0 Å². The molecule has 0 aliphatic heterocycles. The summed E-state index contributed by atoms with van der Waals surface area (Å²) in [5.74, 6) is 0. The Morgan fingerprint density at radius 3 is 2.58 bits per heavy atom. The first-order valence-corrected chi connectivity index (χ1v) is 7.30. The third kappa shape index (κ3) is 2.55. The lowest BCUT2D eigenvalue weighted by molar-refractivity contribution is 0.968. The largest absolute Gasteiger partial charge is 0.384 e. The fraction of sp³-hybridized carbons (Fsp3) is 0.438. The highest BCUT2D eigenvalue weighted by atomic mass is 35.5. The average Bonchev–Trinajstić information content (AvgIpc) is 2.40. The van der Waals surface area contributed by atoms with Gasteiger partial charge in [0.15, 0.2) is 0 Å². The molecule has 0 radical (unpaired) electrons. The summed E-state index contributed by atoms with van der Waals surface area (Å²) in [7, 11) is 0. The van der Waals surface area contributed by atoms with Crippen LogP contribution in [0.2, 0.25) is 5.02 Å². The smallest absolute Gasteiger partial charge is 0.0770 e. The maximum Gasteiger partial charge on any atom is 0.0770 e. The van der Waals surface area contributed by atoms with Crippen LogP contribution in [0.25, 0.3) is 10.9 Å². The van der Waals surface area contributed by atoms with Gasteiger partial charge in [0.05, 0.1) is 5.52 Å². The number of anilines is 1. The predicted octanol–water partition coefficient (Wildman–Crippen LogP) is 4.89. The molecule has 0 spiro atoms. The van der Waals surface area contributed by atoms with Crippen LogP contribution < -0.4 is 5.32 Å². The molecule has 102 valence electrons. The summed E-state index contributed by atoms with van der Waals surface area (Å²) < 4.78 is 0. The van der Waals surface area contributed by atoms with Crippen molar-refractivity contribution in [2.45, 2.75) is 40.5 Å². The summed E-state index contributed by atoms with van der Waals surface area (Å²) in [5.41, 5.74) is 5.71. The summed E-state index contributed by atoms with van der Waals surface area (Å²) in [6.07, 6.45) is 2.10. The highest BCUT2D eigenvalue weighted by molar-refractivity contribution is 6.32. The van der Waals surface area contributed by atoms with E-state index in [4.69, 9.17) is 16.6 Å². The molecule has 0 saturated heterocycles. The number of aryl methyl sites for hydroxylation is 2. The number of nitrogens with zero attached hydrogens (tertiary/aromatic N) is 1. The molecule has 0 saturated carbocycles. The van der Waals surface area contributed by atoms with Gasteiger partial charge in [-0.1, -0.05) is 25.4 Å². The fourth-order valence-corrected chi connectivity index (χ4v) is 2.64. The van der Waals surface area contributed by atoms with Gasteiger partial charge in [-0.2, -0.15) is 0 Å². The van der Waals surface area contributed by atoms with E-state index in [1.165, 1.54) is 16.6 Å². The molecule has 0 fully saturated rings. The van der Waals surface area contributed by atoms with Crippen molar-refractivity contribution in [3.8, 4) is 0 Å². The predicted molar refractivity (Wildman–Crippen MR) is 84.4 cm³/mol. The summed E-state index contributed by atoms with van der Waals surface area (Å²) in [5, 5.41) is 5.52. The van der Waals surface area contributed by atoms with Crippen LogP contribution in [-0.4, -0.2) is 11.5 Å². The molecule has 3 heteroatoms. The van der Waals surface area contributed by atoms with E-state index in [-0.39, 0.29) is 0 Å². The van der Waals surface area contributed by atoms with Crippen molar-refractivity contribution in [2.75, 3.05) is 11.9 Å². The molecule has 2 rings (SSSR count). The van der Waals surface area contributed by atoms with Gasteiger partial charge in [0.2, 0.25) is 0 Å². The number of hydrogen-bond acceptors (Lipinski definition) is 2. The Hall–Kier alpha value is -1.28. The van der Waals surface area contributed by atoms with E-state index in [9.17, 15) is 0 Å². The number of aromatic nitrogens is 1. The van der Waals surface area contributed by atoms with Gasteiger partial charge >= 0.3 is 0 Å². The van der Waals surface area contributed by atoms with E-state index in [1.54, 1.807) is 0 Å². The second kappa shape index (κ2) is 5.79. The molecule has 0 aliphatic rings. The maximum atomic E-state index is 6.21. The van der Waals surface area contributed by atoms with E-state index in [1.807, 2.05) is 13.0 Å². The van der Waals surface area contributed by atoms with Gasteiger partial charge in [0.1, 0.15) is 0 Å². The summed E-state index contributed by atoms with van der Waals surface area (Å²) in [6.45, 7) is 9.45. The zero-order valence-electron chi connectivity index (χ0n) is 12.1. The molecule has 2 aromatic rings. The molecule has 1 heterocycles. The summed E-state index contributed by atoms with van der Waals surface area (Å²) >= 11 is 6.21. The van der Waals surface area contributed by atoms with E-state index in [0.29, 0.717) is 0 Å². The molecule has 0 unspecified atom stereocenters. The highest BCUT2D eigenvalue weighted by Gasteiger charge is 2.13. The molecular formula is C16H21ClN2. The zero-order chi connectivity index (χ0) is 14.0. The minimum atomic E-state index is 0.782. The third-order valence-electron chi connectivity index (χ3n) is 3.56. The zero-order valence-corrected chi connectivity index (χ0v) is 12.9. The Kier molecular flexibility index (Phi) is 4.31. The van der Waals surface area contributed by atoms with Crippen LogP contribution in [0.15, 0.2) is 12.1 Å². The molecular weight excluding hydrogens is 256 g/mol. The van der Waals surface area contributed by atoms with Crippen molar-refractivity contribution in [1.82, 2.24) is 4.98 Å². The quantitative estimate of drug-likeness (QED) is 0.860. The second-order valence-electron chi connectivity index (χ2n) is 4.90. The minimum absolute atomic E-state index is 0.782. The molecule has 1 aromatic heterocycles. The van der Waals surface area contributed by atoms with Gasteiger partial charge in [-0.05, 0) is 49.9 Å². The lowest BCUT2D eigenvalue weighted by atomic mass is 10.0. The molecule has 1 N–H and O–H groups in total. The second-order valence-corrected chi connectivity index (χ2v) is 5.31. The van der Waals surface area contributed by atoms with Crippen molar-refractivity contribution >= 4 is 28.2 Å². The number of hydrogen-bond donors (Lipinski definition) is 1. The van der Waals surface area contributed by atoms with Gasteiger partial charge < -0.3 is 5.32 Å². The van der Waals surface area contributed by atoms with Crippen molar-refractivity contribution < 1.29 is 0 Å². The SMILES string of the molecule is CCCNc1c(CC)c(C)nc2c(C)c(Cl)ccc12. The van der Waals surface area contributed by atoms with E-state index >= 15 is 0 Å². The Morgan fingerprint density at radius 2 is 1.95 bits per heavy atom. The minimum Gasteiger partial charge on any atom is -0.384 e. The summed E-state index contributed by atoms with van der Waals surface area (Å²) in [6, 6.07) is 4.04. The van der Waals surface area contributed by atoms with E-state index in [0.717, 1.165) is 41.2 Å². The van der Waals surface area contributed by atoms with Crippen molar-refractivity contribution in [3.63, 3.8) is 0 Å². The topological polar surface area (TPSA) is 24.9 Å². The molecule has 19 heavy (non-hydrogen) atoms. The van der Waals surface area contributed by atoms with Crippen molar-refractivity contribution in [3.05, 3.63) is 34.0 Å². The van der Waals surface area contributed by atoms with Gasteiger partial charge in [-0.25, -0.2) is 0 Å². The lowest BCUT2D eigenvalue weighted by Gasteiger charge is -2.17. The van der Waals surface area contributed by atoms with Gasteiger partial charge in [0.25, 0.3) is 0 Å². The van der Waals surface area contributed by atoms with Crippen LogP contribution in [0.3, 0.4) is 0 Å². The van der Waals surface area contributed by atoms with Crippen molar-refractivity contribution in [1.29, 1.82) is 0 Å². The normalized spacial score (nSPS) is 11.0. The first-order chi connectivity index (χ1) is 9.10. The molecule has 0 bridgehead atoms. The van der Waals surface area contributed by atoms with E-state index < -0.39 is 0 Å². The van der Waals surface area contributed by atoms with Crippen LogP contribution in [0.1, 0.15) is 37.1 Å². The maximum absolute atomic E-state index is 6.21. The third-order valence-corrected chi connectivity index (χ3v) is 3.97. The van der Waals surface area contributed by atoms with Crippen LogP contribution in [0.5, 0.6) is 0 Å². The van der Waals surface area contributed by atoms with Crippen LogP contribution in [-0.2, 0) is 6.42 Å². The van der Waals surface area contributed by atoms with Crippen LogP contribution >= 0.6 is 11.6 Å². The Morgan fingerprint density at radius 1 is 1.21 bits per heavy atom. The first-order valence-electron chi connectivity index (χ1n) is 6.92. The average molecular weight is 277 g/mol. The molecule has 0 atom stereocenters. The number of pyridine rings is 1. The standard InChI is InChI=1S/C16H21ClN2/c1-5-9-18-16-12(6-2)11(4)19-15-10(3)14(17)8-7-13(15)16/h7-8H,5-6,9H2,1-4H3,(H,18,19). The van der Waals surface area contributed by atoms with Crippen molar-refractivity contribution in [2.24, 2.45) is 0 Å². The van der Waals surface area contributed by atoms with Gasteiger partial charge in [0, 0.05) is 28.3 Å². The van der Waals surface area contributed by atoms with E-state index in [2.05, 4.69) is 32.2 Å². The highest BCUT2D eigenvalue weighted by Crippen LogP contribution is 2.33. The lowest BCUT2D eigenvalue weighted by Crippen LogP contribution is -2.07. The Bertz CT molecular complexity index is 605. The Labute approximate surface area is 120 Å². The molecule has 2 nitrogen and oxygen atoms in total. The number of halogens is 1. The number of rotatable bonds is 4. The Balaban J connectivity index is 2.75. The molecule has 1 aromatic carbocycles. The molecule has 0 amide bonds. The van der Waals surface area contributed by atoms with Crippen LogP contribution in [0.4, 0.5) is 5.69 Å². The number of benzene rings is 1. The van der Waals surface area contributed by atoms with Gasteiger partial charge in [-0.3, -0.25) is 4.98 Å². The number of nitrogens with one attached hydrogen (secondary N) is 1. The summed E-state index contributed by atoms with van der Waals surface area (Å²) in [4.78, 5) is 4.75. The first kappa shape index (κ1) is 14.1. The molecule has 0 aliphatic carbocycles. The monoisotopic (exact) mass is 276 g/mol. The number of fused-ring (bicyclic) bond motifs is 1.